The van der Waals surface area contributed by atoms with E-state index in [0.29, 0.717) is 18.9 Å². The monoisotopic (exact) mass is 352 g/mol. The molecular formula is C16H15F3N4O2. The quantitative estimate of drug-likeness (QED) is 0.900. The number of amides is 1. The van der Waals surface area contributed by atoms with Crippen molar-refractivity contribution in [1.29, 1.82) is 0 Å². The lowest BCUT2D eigenvalue weighted by atomic mass is 10.0. The molecule has 3 rings (SSSR count). The van der Waals surface area contributed by atoms with E-state index < -0.39 is 17.8 Å². The Labute approximate surface area is 141 Å². The van der Waals surface area contributed by atoms with Crippen molar-refractivity contribution in [2.45, 2.75) is 6.18 Å². The van der Waals surface area contributed by atoms with Gasteiger partial charge in [0, 0.05) is 44.1 Å². The number of alkyl halides is 3. The molecule has 2 aromatic rings. The fourth-order valence-corrected chi connectivity index (χ4v) is 2.80. The van der Waals surface area contributed by atoms with E-state index in [-0.39, 0.29) is 24.3 Å². The van der Waals surface area contributed by atoms with Crippen LogP contribution in [0.15, 0.2) is 36.7 Å². The maximum atomic E-state index is 13.3. The van der Waals surface area contributed by atoms with Gasteiger partial charge in [0.15, 0.2) is 5.82 Å². The summed E-state index contributed by atoms with van der Waals surface area (Å²) < 4.78 is 39.9. The van der Waals surface area contributed by atoms with Gasteiger partial charge in [-0.3, -0.25) is 4.98 Å². The molecule has 1 N–H and O–H groups in total. The second-order valence-electron chi connectivity index (χ2n) is 5.53. The number of piperazine rings is 1. The highest BCUT2D eigenvalue weighted by molar-refractivity contribution is 5.75. The number of rotatable bonds is 2. The van der Waals surface area contributed by atoms with Crippen LogP contribution in [0.4, 0.5) is 23.8 Å². The van der Waals surface area contributed by atoms with Gasteiger partial charge in [-0.05, 0) is 6.07 Å². The molecule has 25 heavy (non-hydrogen) atoms. The van der Waals surface area contributed by atoms with Gasteiger partial charge in [-0.15, -0.1) is 0 Å². The Bertz CT molecular complexity index is 774. The molecule has 132 valence electrons. The molecule has 0 saturated carbocycles. The second kappa shape index (κ2) is 6.58. The van der Waals surface area contributed by atoms with E-state index in [1.54, 1.807) is 4.90 Å². The van der Waals surface area contributed by atoms with Crippen molar-refractivity contribution in [3.63, 3.8) is 0 Å². The number of carbonyl (C=O) groups is 1. The molecule has 1 fully saturated rings. The summed E-state index contributed by atoms with van der Waals surface area (Å²) in [5.74, 6) is 0.323. The topological polar surface area (TPSA) is 69.6 Å². The van der Waals surface area contributed by atoms with Gasteiger partial charge in [-0.25, -0.2) is 9.78 Å². The molecule has 0 aliphatic carbocycles. The Balaban J connectivity index is 1.98. The predicted octanol–water partition coefficient (Wildman–Crippen LogP) is 2.96. The zero-order chi connectivity index (χ0) is 18.0. The summed E-state index contributed by atoms with van der Waals surface area (Å²) >= 11 is 0. The van der Waals surface area contributed by atoms with Crippen molar-refractivity contribution in [3.8, 4) is 11.3 Å². The molecule has 2 heterocycles. The molecule has 0 unspecified atom stereocenters. The largest absolute Gasteiger partial charge is 0.465 e. The molecule has 1 amide bonds. The second-order valence-corrected chi connectivity index (χ2v) is 5.53. The highest BCUT2D eigenvalue weighted by atomic mass is 19.4. The zero-order valence-corrected chi connectivity index (χ0v) is 13.1. The van der Waals surface area contributed by atoms with E-state index in [2.05, 4.69) is 9.97 Å². The van der Waals surface area contributed by atoms with Gasteiger partial charge in [0.25, 0.3) is 0 Å². The first-order valence-corrected chi connectivity index (χ1v) is 7.58. The lowest BCUT2D eigenvalue weighted by Crippen LogP contribution is -2.48. The Morgan fingerprint density at radius 1 is 1.04 bits per heavy atom. The van der Waals surface area contributed by atoms with Crippen molar-refractivity contribution < 1.29 is 23.1 Å². The zero-order valence-electron chi connectivity index (χ0n) is 13.1. The number of hydrogen-bond acceptors (Lipinski definition) is 4. The summed E-state index contributed by atoms with van der Waals surface area (Å²) in [6.07, 6.45) is -2.76. The van der Waals surface area contributed by atoms with Gasteiger partial charge >= 0.3 is 12.3 Å². The molecule has 0 spiro atoms. The summed E-state index contributed by atoms with van der Waals surface area (Å²) in [4.78, 5) is 22.3. The number of carboxylic acid groups (broad SMARTS) is 1. The molecular weight excluding hydrogens is 337 g/mol. The van der Waals surface area contributed by atoms with Crippen LogP contribution in [-0.4, -0.2) is 52.2 Å². The van der Waals surface area contributed by atoms with Crippen LogP contribution < -0.4 is 4.90 Å². The number of nitrogens with zero attached hydrogens (tertiary/aromatic N) is 4. The fraction of sp³-hybridized carbons (Fsp3) is 0.312. The Kier molecular flexibility index (Phi) is 4.47. The summed E-state index contributed by atoms with van der Waals surface area (Å²) in [6.45, 7) is 1.19. The summed E-state index contributed by atoms with van der Waals surface area (Å²) in [6, 6.07) is 5.22. The smallest absolute Gasteiger partial charge is 0.417 e. The van der Waals surface area contributed by atoms with Gasteiger partial charge in [0.2, 0.25) is 0 Å². The highest BCUT2D eigenvalue weighted by Crippen LogP contribution is 2.38. The van der Waals surface area contributed by atoms with E-state index in [4.69, 9.17) is 5.11 Å². The average Bonchev–Trinajstić information content (AvgIpc) is 2.61. The van der Waals surface area contributed by atoms with E-state index in [1.807, 2.05) is 0 Å². The van der Waals surface area contributed by atoms with Crippen molar-refractivity contribution in [2.75, 3.05) is 31.1 Å². The summed E-state index contributed by atoms with van der Waals surface area (Å²) in [7, 11) is 0. The van der Waals surface area contributed by atoms with Crippen LogP contribution in [0, 0.1) is 0 Å². The van der Waals surface area contributed by atoms with Gasteiger partial charge in [-0.1, -0.05) is 18.2 Å². The van der Waals surface area contributed by atoms with Crippen LogP contribution in [0.1, 0.15) is 5.56 Å². The molecule has 1 aromatic carbocycles. The van der Waals surface area contributed by atoms with Crippen molar-refractivity contribution >= 4 is 11.9 Å². The normalized spacial score (nSPS) is 15.3. The Morgan fingerprint density at radius 2 is 1.68 bits per heavy atom. The van der Waals surface area contributed by atoms with Crippen LogP contribution >= 0.6 is 0 Å². The third-order valence-corrected chi connectivity index (χ3v) is 4.02. The number of anilines is 1. The van der Waals surface area contributed by atoms with Gasteiger partial charge < -0.3 is 14.9 Å². The fourth-order valence-electron chi connectivity index (χ4n) is 2.80. The number of hydrogen-bond donors (Lipinski definition) is 1. The molecule has 0 bridgehead atoms. The van der Waals surface area contributed by atoms with Crippen LogP contribution in [0.25, 0.3) is 11.3 Å². The van der Waals surface area contributed by atoms with E-state index in [9.17, 15) is 18.0 Å². The molecule has 1 saturated heterocycles. The minimum Gasteiger partial charge on any atom is -0.465 e. The standard InChI is InChI=1S/C16H15F3N4O2/c17-16(18,19)12-4-2-1-3-11(12)13-14(21-6-5-20-13)22-7-9-23(10-8-22)15(24)25/h1-6H,7-10H2,(H,24,25). The van der Waals surface area contributed by atoms with Gasteiger partial charge in [0.05, 0.1) is 5.56 Å². The molecule has 9 heteroatoms. The Hall–Kier alpha value is -2.84. The molecule has 0 radical (unpaired) electrons. The number of benzene rings is 1. The van der Waals surface area contributed by atoms with Crippen LogP contribution in [0.5, 0.6) is 0 Å². The van der Waals surface area contributed by atoms with Crippen LogP contribution in [-0.2, 0) is 6.18 Å². The SMILES string of the molecule is O=C(O)N1CCN(c2nccnc2-c2ccccc2C(F)(F)F)CC1. The first-order valence-electron chi connectivity index (χ1n) is 7.58. The number of aromatic nitrogens is 2. The highest BCUT2D eigenvalue weighted by Gasteiger charge is 2.35. The van der Waals surface area contributed by atoms with E-state index in [1.165, 1.54) is 35.5 Å². The van der Waals surface area contributed by atoms with E-state index in [0.717, 1.165) is 6.07 Å². The average molecular weight is 352 g/mol. The number of halogens is 3. The molecule has 1 aromatic heterocycles. The third-order valence-electron chi connectivity index (χ3n) is 4.02. The van der Waals surface area contributed by atoms with E-state index >= 15 is 0 Å². The van der Waals surface area contributed by atoms with Crippen molar-refractivity contribution in [2.24, 2.45) is 0 Å². The van der Waals surface area contributed by atoms with Crippen LogP contribution in [0.2, 0.25) is 0 Å². The third kappa shape index (κ3) is 3.49. The first kappa shape index (κ1) is 17.0. The van der Waals surface area contributed by atoms with Gasteiger partial charge in [0.1, 0.15) is 5.69 Å². The maximum Gasteiger partial charge on any atom is 0.417 e. The molecule has 1 aliphatic rings. The predicted molar refractivity (Wildman–Crippen MR) is 84.3 cm³/mol. The first-order chi connectivity index (χ1) is 11.9. The Morgan fingerprint density at radius 3 is 2.32 bits per heavy atom. The van der Waals surface area contributed by atoms with Crippen molar-refractivity contribution in [1.82, 2.24) is 14.9 Å². The lowest BCUT2D eigenvalue weighted by Gasteiger charge is -2.34. The lowest BCUT2D eigenvalue weighted by molar-refractivity contribution is -0.137. The molecule has 0 atom stereocenters. The summed E-state index contributed by atoms with van der Waals surface area (Å²) in [5.41, 5.74) is -0.682. The maximum absolute atomic E-state index is 13.3. The minimum atomic E-state index is -4.51. The molecule has 6 nitrogen and oxygen atoms in total. The van der Waals surface area contributed by atoms with Crippen molar-refractivity contribution in [3.05, 3.63) is 42.2 Å². The van der Waals surface area contributed by atoms with Crippen LogP contribution in [0.3, 0.4) is 0 Å². The molecule has 1 aliphatic heterocycles. The minimum absolute atomic E-state index is 0.0428. The van der Waals surface area contributed by atoms with Gasteiger partial charge in [-0.2, -0.15) is 13.2 Å². The summed E-state index contributed by atoms with van der Waals surface area (Å²) in [5, 5.41) is 9.01.